The Morgan fingerprint density at radius 2 is 2.37 bits per heavy atom. The first-order valence-corrected chi connectivity index (χ1v) is 6.77. The van der Waals surface area contributed by atoms with Gasteiger partial charge in [-0.05, 0) is 25.0 Å². The average molecular weight is 278 g/mol. The number of benzene rings is 1. The predicted octanol–water partition coefficient (Wildman–Crippen LogP) is 1.85. The van der Waals surface area contributed by atoms with Gasteiger partial charge in [0.25, 0.3) is 0 Å². The Morgan fingerprint density at radius 3 is 3.00 bits per heavy atom. The monoisotopic (exact) mass is 278 g/mol. The van der Waals surface area contributed by atoms with Crippen LogP contribution in [0.25, 0.3) is 0 Å². The Kier molecular flexibility index (Phi) is 4.50. The van der Waals surface area contributed by atoms with Crippen LogP contribution in [0.2, 0.25) is 0 Å². The number of hydrogen-bond donors (Lipinski definition) is 1. The van der Waals surface area contributed by atoms with Gasteiger partial charge in [-0.1, -0.05) is 24.4 Å². The zero-order chi connectivity index (χ0) is 13.8. The SMILES string of the molecule is CN(C(=O)CC1CCCO1)c1cccc(C(N)=S)c1. The number of anilines is 1. The first-order valence-electron chi connectivity index (χ1n) is 6.36. The van der Waals surface area contributed by atoms with Crippen molar-refractivity contribution in [2.45, 2.75) is 25.4 Å². The topological polar surface area (TPSA) is 55.6 Å². The number of nitrogens with zero attached hydrogens (tertiary/aromatic N) is 1. The van der Waals surface area contributed by atoms with Gasteiger partial charge < -0.3 is 15.4 Å². The molecule has 4 nitrogen and oxygen atoms in total. The van der Waals surface area contributed by atoms with Crippen LogP contribution in [-0.2, 0) is 9.53 Å². The highest BCUT2D eigenvalue weighted by molar-refractivity contribution is 7.80. The van der Waals surface area contributed by atoms with Crippen LogP contribution < -0.4 is 10.6 Å². The molecule has 1 heterocycles. The van der Waals surface area contributed by atoms with E-state index < -0.39 is 0 Å². The molecule has 1 atom stereocenters. The smallest absolute Gasteiger partial charge is 0.229 e. The van der Waals surface area contributed by atoms with Gasteiger partial charge in [-0.25, -0.2) is 0 Å². The number of amides is 1. The molecule has 1 aliphatic rings. The van der Waals surface area contributed by atoms with E-state index in [1.807, 2.05) is 24.3 Å². The number of ether oxygens (including phenoxy) is 1. The summed E-state index contributed by atoms with van der Waals surface area (Å²) in [4.78, 5) is 14.1. The largest absolute Gasteiger partial charge is 0.389 e. The lowest BCUT2D eigenvalue weighted by Crippen LogP contribution is -2.29. The molecule has 1 unspecified atom stereocenters. The van der Waals surface area contributed by atoms with Crippen molar-refractivity contribution in [3.63, 3.8) is 0 Å². The van der Waals surface area contributed by atoms with Gasteiger partial charge in [-0.3, -0.25) is 4.79 Å². The molecule has 0 bridgehead atoms. The number of thiocarbonyl (C=S) groups is 1. The number of carbonyl (C=O) groups excluding carboxylic acids is 1. The van der Waals surface area contributed by atoms with Gasteiger partial charge in [0.15, 0.2) is 0 Å². The maximum Gasteiger partial charge on any atom is 0.229 e. The van der Waals surface area contributed by atoms with Crippen molar-refractivity contribution < 1.29 is 9.53 Å². The Hall–Kier alpha value is -1.46. The molecule has 1 aliphatic heterocycles. The summed E-state index contributed by atoms with van der Waals surface area (Å²) < 4.78 is 5.48. The van der Waals surface area contributed by atoms with Crippen LogP contribution in [0, 0.1) is 0 Å². The van der Waals surface area contributed by atoms with Crippen LogP contribution >= 0.6 is 12.2 Å². The minimum absolute atomic E-state index is 0.0481. The summed E-state index contributed by atoms with van der Waals surface area (Å²) in [5.74, 6) is 0.0481. The standard InChI is InChI=1S/C14H18N2O2S/c1-16(13(17)9-12-6-3-7-18-12)11-5-2-4-10(8-11)14(15)19/h2,4-5,8,12H,3,6-7,9H2,1H3,(H2,15,19). The molecule has 19 heavy (non-hydrogen) atoms. The molecule has 2 N–H and O–H groups in total. The summed E-state index contributed by atoms with van der Waals surface area (Å²) in [6.07, 6.45) is 2.49. The van der Waals surface area contributed by atoms with E-state index in [4.69, 9.17) is 22.7 Å². The van der Waals surface area contributed by atoms with Crippen LogP contribution in [0.15, 0.2) is 24.3 Å². The van der Waals surface area contributed by atoms with Crippen molar-refractivity contribution in [2.24, 2.45) is 5.73 Å². The van der Waals surface area contributed by atoms with Crippen molar-refractivity contribution in [1.82, 2.24) is 0 Å². The lowest BCUT2D eigenvalue weighted by molar-refractivity contribution is -0.120. The second-order valence-electron chi connectivity index (χ2n) is 4.71. The van der Waals surface area contributed by atoms with Gasteiger partial charge in [0.2, 0.25) is 5.91 Å². The van der Waals surface area contributed by atoms with E-state index in [2.05, 4.69) is 0 Å². The van der Waals surface area contributed by atoms with Crippen molar-refractivity contribution in [3.05, 3.63) is 29.8 Å². The molecule has 1 fully saturated rings. The Bertz CT molecular complexity index is 484. The molecule has 0 aromatic heterocycles. The van der Waals surface area contributed by atoms with E-state index >= 15 is 0 Å². The summed E-state index contributed by atoms with van der Waals surface area (Å²) in [6.45, 7) is 0.762. The van der Waals surface area contributed by atoms with Gasteiger partial charge in [0, 0.05) is 24.9 Å². The third-order valence-corrected chi connectivity index (χ3v) is 3.55. The molecule has 0 spiro atoms. The quantitative estimate of drug-likeness (QED) is 0.854. The van der Waals surface area contributed by atoms with E-state index in [-0.39, 0.29) is 12.0 Å². The third kappa shape index (κ3) is 3.52. The van der Waals surface area contributed by atoms with Crippen LogP contribution in [-0.4, -0.2) is 30.7 Å². The predicted molar refractivity (Wildman–Crippen MR) is 79.3 cm³/mol. The number of rotatable bonds is 4. The summed E-state index contributed by atoms with van der Waals surface area (Å²) >= 11 is 4.94. The van der Waals surface area contributed by atoms with E-state index in [1.54, 1.807) is 11.9 Å². The molecule has 0 saturated carbocycles. The highest BCUT2D eigenvalue weighted by atomic mass is 32.1. The number of carbonyl (C=O) groups is 1. The second kappa shape index (κ2) is 6.12. The molecule has 0 radical (unpaired) electrons. The molecule has 1 saturated heterocycles. The van der Waals surface area contributed by atoms with Gasteiger partial charge in [-0.2, -0.15) is 0 Å². The lowest BCUT2D eigenvalue weighted by atomic mass is 10.1. The van der Waals surface area contributed by atoms with Crippen LogP contribution in [0.1, 0.15) is 24.8 Å². The van der Waals surface area contributed by atoms with Gasteiger partial charge >= 0.3 is 0 Å². The summed E-state index contributed by atoms with van der Waals surface area (Å²) in [6, 6.07) is 7.38. The van der Waals surface area contributed by atoms with Crippen molar-refractivity contribution in [1.29, 1.82) is 0 Å². The fraction of sp³-hybridized carbons (Fsp3) is 0.429. The highest BCUT2D eigenvalue weighted by Crippen LogP contribution is 2.20. The molecule has 1 amide bonds. The summed E-state index contributed by atoms with van der Waals surface area (Å²) in [7, 11) is 1.76. The molecule has 5 heteroatoms. The van der Waals surface area contributed by atoms with Crippen molar-refractivity contribution in [2.75, 3.05) is 18.6 Å². The Morgan fingerprint density at radius 1 is 1.58 bits per heavy atom. The van der Waals surface area contributed by atoms with Crippen molar-refractivity contribution in [3.8, 4) is 0 Å². The van der Waals surface area contributed by atoms with Crippen LogP contribution in [0.4, 0.5) is 5.69 Å². The van der Waals surface area contributed by atoms with E-state index in [0.29, 0.717) is 11.4 Å². The van der Waals surface area contributed by atoms with Crippen LogP contribution in [0.3, 0.4) is 0 Å². The number of hydrogen-bond acceptors (Lipinski definition) is 3. The van der Waals surface area contributed by atoms with Gasteiger partial charge in [-0.15, -0.1) is 0 Å². The van der Waals surface area contributed by atoms with E-state index in [9.17, 15) is 4.79 Å². The third-order valence-electron chi connectivity index (χ3n) is 3.32. The van der Waals surface area contributed by atoms with E-state index in [1.165, 1.54) is 0 Å². The summed E-state index contributed by atoms with van der Waals surface area (Å²) in [5, 5.41) is 0. The van der Waals surface area contributed by atoms with Gasteiger partial charge in [0.1, 0.15) is 4.99 Å². The molecule has 1 aromatic carbocycles. The minimum atomic E-state index is 0.0481. The Balaban J connectivity index is 2.05. The zero-order valence-electron chi connectivity index (χ0n) is 11.0. The minimum Gasteiger partial charge on any atom is -0.389 e. The Labute approximate surface area is 118 Å². The molecule has 1 aromatic rings. The molecule has 0 aliphatic carbocycles. The summed E-state index contributed by atoms with van der Waals surface area (Å²) in [5.41, 5.74) is 7.17. The number of nitrogens with two attached hydrogens (primary N) is 1. The van der Waals surface area contributed by atoms with Crippen LogP contribution in [0.5, 0.6) is 0 Å². The maximum atomic E-state index is 12.2. The first-order chi connectivity index (χ1) is 9.08. The zero-order valence-corrected chi connectivity index (χ0v) is 11.8. The van der Waals surface area contributed by atoms with Crippen molar-refractivity contribution >= 4 is 28.8 Å². The fourth-order valence-electron chi connectivity index (χ4n) is 2.15. The fourth-order valence-corrected chi connectivity index (χ4v) is 2.28. The average Bonchev–Trinajstić information content (AvgIpc) is 2.90. The normalized spacial score (nSPS) is 18.3. The molecule has 102 valence electrons. The molecule has 2 rings (SSSR count). The maximum absolute atomic E-state index is 12.2. The van der Waals surface area contributed by atoms with Gasteiger partial charge in [0.05, 0.1) is 12.5 Å². The first kappa shape index (κ1) is 14.0. The molecular formula is C14H18N2O2S. The highest BCUT2D eigenvalue weighted by Gasteiger charge is 2.21. The molecular weight excluding hydrogens is 260 g/mol. The van der Waals surface area contributed by atoms with E-state index in [0.717, 1.165) is 30.7 Å². The lowest BCUT2D eigenvalue weighted by Gasteiger charge is -2.20. The second-order valence-corrected chi connectivity index (χ2v) is 5.15.